The summed E-state index contributed by atoms with van der Waals surface area (Å²) in [6.45, 7) is 3.71. The number of non-ortho nitro benzene ring substituents is 1. The predicted octanol–water partition coefficient (Wildman–Crippen LogP) is 6.32. The Kier molecular flexibility index (Phi) is 8.04. The van der Waals surface area contributed by atoms with Crippen LogP contribution in [-0.2, 0) is 4.79 Å². The van der Waals surface area contributed by atoms with Gasteiger partial charge in [0.1, 0.15) is 5.84 Å². The zero-order valence-corrected chi connectivity index (χ0v) is 24.7. The fourth-order valence-corrected chi connectivity index (χ4v) is 6.08. The first-order chi connectivity index (χ1) is 20.6. The van der Waals surface area contributed by atoms with Gasteiger partial charge in [0.25, 0.3) is 5.69 Å². The van der Waals surface area contributed by atoms with E-state index in [9.17, 15) is 25.1 Å². The molecule has 5 rings (SSSR count). The van der Waals surface area contributed by atoms with Crippen molar-refractivity contribution in [2.24, 2.45) is 5.92 Å². The monoisotopic (exact) mass is 583 g/mol. The number of hydrogen-bond donors (Lipinski definition) is 1. The third-order valence-electron chi connectivity index (χ3n) is 8.19. The average molecular weight is 584 g/mol. The molecule has 43 heavy (non-hydrogen) atoms. The van der Waals surface area contributed by atoms with Crippen molar-refractivity contribution in [3.63, 3.8) is 0 Å². The fraction of sp³-hybridized carbons (Fsp3) is 0.303. The molecule has 1 aliphatic carbocycles. The van der Waals surface area contributed by atoms with Gasteiger partial charge in [-0.1, -0.05) is 35.9 Å². The number of amidine groups is 1. The maximum atomic E-state index is 14.5. The zero-order valence-electron chi connectivity index (χ0n) is 24.7. The maximum Gasteiger partial charge on any atom is 0.271 e. The van der Waals surface area contributed by atoms with Crippen molar-refractivity contribution in [1.82, 2.24) is 0 Å². The van der Waals surface area contributed by atoms with Gasteiger partial charge in [0.2, 0.25) is 5.75 Å². The van der Waals surface area contributed by atoms with Crippen LogP contribution in [0.1, 0.15) is 52.2 Å². The van der Waals surface area contributed by atoms with E-state index < -0.39 is 16.8 Å². The summed E-state index contributed by atoms with van der Waals surface area (Å²) < 4.78 is 16.8. The van der Waals surface area contributed by atoms with Crippen LogP contribution in [-0.4, -0.2) is 43.7 Å². The van der Waals surface area contributed by atoms with E-state index in [0.29, 0.717) is 63.7 Å². The Morgan fingerprint density at radius 1 is 0.953 bits per heavy atom. The van der Waals surface area contributed by atoms with E-state index in [2.05, 4.69) is 0 Å². The molecule has 10 heteroatoms. The third-order valence-corrected chi connectivity index (χ3v) is 8.19. The summed E-state index contributed by atoms with van der Waals surface area (Å²) in [5, 5.41) is 21.3. The van der Waals surface area contributed by atoms with Crippen molar-refractivity contribution in [2.45, 2.75) is 39.0 Å². The Labute approximate surface area is 249 Å². The van der Waals surface area contributed by atoms with E-state index in [4.69, 9.17) is 14.2 Å². The number of hydrogen-bond acceptors (Lipinski definition) is 8. The summed E-state index contributed by atoms with van der Waals surface area (Å²) in [6.07, 6.45) is 1.28. The van der Waals surface area contributed by atoms with E-state index in [1.807, 2.05) is 19.1 Å². The number of nitro groups is 1. The zero-order chi connectivity index (χ0) is 31.0. The summed E-state index contributed by atoms with van der Waals surface area (Å²) in [5.74, 6) is -1.46. The number of benzene rings is 3. The van der Waals surface area contributed by atoms with Crippen LogP contribution in [0.5, 0.6) is 17.2 Å². The van der Waals surface area contributed by atoms with Crippen molar-refractivity contribution in [1.29, 1.82) is 5.41 Å². The summed E-state index contributed by atoms with van der Waals surface area (Å²) in [5.41, 5.74) is 3.82. The van der Waals surface area contributed by atoms with Gasteiger partial charge in [-0.25, -0.2) is 0 Å². The Hall–Kier alpha value is -4.99. The van der Waals surface area contributed by atoms with Gasteiger partial charge in [-0.15, -0.1) is 0 Å². The number of carbonyl (C=O) groups is 2. The molecule has 1 N–H and O–H groups in total. The number of methoxy groups -OCH3 is 3. The van der Waals surface area contributed by atoms with E-state index in [-0.39, 0.29) is 29.5 Å². The van der Waals surface area contributed by atoms with Crippen LogP contribution in [0, 0.1) is 35.3 Å². The molecule has 0 amide bonds. The van der Waals surface area contributed by atoms with Crippen LogP contribution in [0.2, 0.25) is 0 Å². The lowest BCUT2D eigenvalue weighted by Gasteiger charge is -2.44. The van der Waals surface area contributed by atoms with E-state index in [1.54, 1.807) is 42.2 Å². The molecule has 10 nitrogen and oxygen atoms in total. The number of ether oxygens (including phenoxy) is 3. The summed E-state index contributed by atoms with van der Waals surface area (Å²) in [7, 11) is 4.47. The molecule has 222 valence electrons. The summed E-state index contributed by atoms with van der Waals surface area (Å²) in [6, 6.07) is 14.9. The molecular formula is C33H33N3O7. The maximum absolute atomic E-state index is 14.5. The molecule has 0 spiro atoms. The number of aryl methyl sites for hydroxylation is 2. The number of anilines is 1. The average Bonchev–Trinajstić information content (AvgIpc) is 3.00. The number of Topliss-reactive ketones (excluding diaryl/α,β-unsaturated/α-hetero) is 2. The van der Waals surface area contributed by atoms with Gasteiger partial charge in [-0.05, 0) is 49.9 Å². The molecule has 0 fully saturated rings. The smallest absolute Gasteiger partial charge is 0.271 e. The number of nitro benzene ring substituents is 1. The van der Waals surface area contributed by atoms with Crippen LogP contribution >= 0.6 is 0 Å². The molecule has 1 heterocycles. The van der Waals surface area contributed by atoms with Gasteiger partial charge >= 0.3 is 0 Å². The minimum Gasteiger partial charge on any atom is -0.493 e. The predicted molar refractivity (Wildman–Crippen MR) is 162 cm³/mol. The fourth-order valence-electron chi connectivity index (χ4n) is 6.08. The molecule has 2 unspecified atom stereocenters. The number of ketones is 2. The second kappa shape index (κ2) is 11.7. The molecule has 1 aliphatic heterocycles. The summed E-state index contributed by atoms with van der Waals surface area (Å²) in [4.78, 5) is 41.2. The molecule has 3 aromatic carbocycles. The van der Waals surface area contributed by atoms with Gasteiger partial charge in [0.15, 0.2) is 23.1 Å². The molecule has 0 aromatic heterocycles. The Bertz CT molecular complexity index is 1650. The molecule has 2 aliphatic rings. The highest BCUT2D eigenvalue weighted by atomic mass is 16.6. The second-order valence-corrected chi connectivity index (χ2v) is 10.7. The largest absolute Gasteiger partial charge is 0.493 e. The number of carbonyl (C=O) groups excluding carboxylic acids is 2. The van der Waals surface area contributed by atoms with Crippen LogP contribution in [0.15, 0.2) is 65.9 Å². The number of rotatable bonds is 8. The minimum absolute atomic E-state index is 0.0682. The molecule has 0 saturated heterocycles. The normalized spacial score (nSPS) is 18.3. The van der Waals surface area contributed by atoms with Gasteiger partial charge < -0.3 is 19.1 Å². The number of nitrogens with zero attached hydrogens (tertiary/aromatic N) is 2. The van der Waals surface area contributed by atoms with Gasteiger partial charge in [0.05, 0.1) is 37.9 Å². The van der Waals surface area contributed by atoms with Gasteiger partial charge in [-0.3, -0.25) is 25.1 Å². The van der Waals surface area contributed by atoms with Crippen LogP contribution in [0.25, 0.3) is 0 Å². The topological polar surface area (TPSA) is 132 Å². The SMILES string of the molecule is COc1cc(C2C3=C(CCCC3=O)N(c3cc([N+](=O)[O-])ccc3C)C(=N)C2C(=O)c2ccc(C)cc2)cc(OC)c1OC. The molecule has 0 radical (unpaired) electrons. The first-order valence-electron chi connectivity index (χ1n) is 13.9. The Balaban J connectivity index is 1.83. The third kappa shape index (κ3) is 5.13. The quantitative estimate of drug-likeness (QED) is 0.185. The van der Waals surface area contributed by atoms with E-state index in [0.717, 1.165) is 5.56 Å². The molecule has 0 bridgehead atoms. The van der Waals surface area contributed by atoms with E-state index >= 15 is 0 Å². The van der Waals surface area contributed by atoms with Crippen molar-refractivity contribution in [2.75, 3.05) is 26.2 Å². The lowest BCUT2D eigenvalue weighted by molar-refractivity contribution is -0.384. The Morgan fingerprint density at radius 2 is 1.60 bits per heavy atom. The van der Waals surface area contributed by atoms with Crippen molar-refractivity contribution in [3.05, 3.63) is 98.2 Å². The standard InChI is InChI=1S/C33H33N3O7/c1-18-9-12-20(13-10-18)31(38)30-28(21-15-26(41-3)32(43-5)27(16-21)42-4)29-23(7-6-8-25(29)37)35(33(30)34)24-17-22(36(39)40)14-11-19(24)2/h9-17,28,30,34H,6-8H2,1-5H3. The lowest BCUT2D eigenvalue weighted by Crippen LogP contribution is -2.49. The van der Waals surface area contributed by atoms with Crippen molar-refractivity contribution < 1.29 is 28.7 Å². The molecular weight excluding hydrogens is 550 g/mol. The summed E-state index contributed by atoms with van der Waals surface area (Å²) >= 11 is 0. The molecule has 0 saturated carbocycles. The first-order valence-corrected chi connectivity index (χ1v) is 13.9. The van der Waals surface area contributed by atoms with Crippen molar-refractivity contribution >= 4 is 28.8 Å². The molecule has 3 aromatic rings. The van der Waals surface area contributed by atoms with Crippen LogP contribution in [0.3, 0.4) is 0 Å². The molecule has 2 atom stereocenters. The first kappa shape index (κ1) is 29.5. The highest BCUT2D eigenvalue weighted by Gasteiger charge is 2.48. The number of allylic oxidation sites excluding steroid dienone is 2. The minimum atomic E-state index is -1.13. The van der Waals surface area contributed by atoms with E-state index in [1.165, 1.54) is 33.5 Å². The van der Waals surface area contributed by atoms with Crippen LogP contribution < -0.4 is 19.1 Å². The second-order valence-electron chi connectivity index (χ2n) is 10.7. The Morgan fingerprint density at radius 3 is 2.19 bits per heavy atom. The number of nitrogens with one attached hydrogen (secondary N) is 1. The lowest BCUT2D eigenvalue weighted by atomic mass is 9.69. The van der Waals surface area contributed by atoms with Crippen molar-refractivity contribution in [3.8, 4) is 17.2 Å². The highest BCUT2D eigenvalue weighted by Crippen LogP contribution is 2.50. The van der Waals surface area contributed by atoms with Gasteiger partial charge in [0, 0.05) is 41.3 Å². The highest BCUT2D eigenvalue weighted by molar-refractivity contribution is 6.21. The van der Waals surface area contributed by atoms with Gasteiger partial charge in [-0.2, -0.15) is 0 Å². The van der Waals surface area contributed by atoms with Crippen LogP contribution in [0.4, 0.5) is 11.4 Å².